The summed E-state index contributed by atoms with van der Waals surface area (Å²) in [6, 6.07) is 10.0. The maximum Gasteiger partial charge on any atom is 0.199 e. The average molecular weight is 319 g/mol. The van der Waals surface area contributed by atoms with Crippen LogP contribution in [0, 0.1) is 10.7 Å². The number of hydrogen-bond donors (Lipinski definition) is 2. The summed E-state index contributed by atoms with van der Waals surface area (Å²) in [5, 5.41) is 17.2. The molecule has 0 saturated heterocycles. The van der Waals surface area contributed by atoms with Gasteiger partial charge >= 0.3 is 0 Å². The second-order valence-corrected chi connectivity index (χ2v) is 6.70. The number of rotatable bonds is 7. The molecule has 0 unspecified atom stereocenters. The van der Waals surface area contributed by atoms with E-state index < -0.39 is 0 Å². The molecule has 5 heteroatoms. The highest BCUT2D eigenvalue weighted by molar-refractivity contribution is 7.71. The number of H-pyrrole nitrogens is 1. The standard InChI is InChI=1S/C17H25N3OS/c1-12(2)9-10-14(11-13(3)21)16-18-19-17(22)20(16)15-7-5-4-6-8-15/h4-8,12-14,21H,9-11H2,1-3H3,(H,19,22)/t13-,14-/m0/s1. The monoisotopic (exact) mass is 319 g/mol. The molecule has 0 aliphatic rings. The van der Waals surface area contributed by atoms with Gasteiger partial charge in [0.05, 0.1) is 6.10 Å². The Kier molecular flexibility index (Phi) is 5.91. The van der Waals surface area contributed by atoms with E-state index in [4.69, 9.17) is 12.2 Å². The number of nitrogens with one attached hydrogen (secondary N) is 1. The minimum atomic E-state index is -0.355. The summed E-state index contributed by atoms with van der Waals surface area (Å²) in [4.78, 5) is 0. The zero-order chi connectivity index (χ0) is 16.1. The lowest BCUT2D eigenvalue weighted by Crippen LogP contribution is -2.14. The lowest BCUT2D eigenvalue weighted by molar-refractivity contribution is 0.169. The molecule has 0 radical (unpaired) electrons. The van der Waals surface area contributed by atoms with Crippen LogP contribution < -0.4 is 0 Å². The van der Waals surface area contributed by atoms with Gasteiger partial charge in [-0.05, 0) is 50.0 Å². The van der Waals surface area contributed by atoms with Gasteiger partial charge in [0.25, 0.3) is 0 Å². The first-order chi connectivity index (χ1) is 10.5. The molecule has 0 amide bonds. The number of aromatic amines is 1. The van der Waals surface area contributed by atoms with Crippen LogP contribution in [0.25, 0.3) is 5.69 Å². The topological polar surface area (TPSA) is 53.8 Å². The Morgan fingerprint density at radius 2 is 1.86 bits per heavy atom. The van der Waals surface area contributed by atoms with E-state index >= 15 is 0 Å². The highest BCUT2D eigenvalue weighted by atomic mass is 32.1. The molecule has 2 aromatic rings. The number of aliphatic hydroxyl groups excluding tert-OH is 1. The fourth-order valence-electron chi connectivity index (χ4n) is 2.71. The minimum absolute atomic E-state index is 0.190. The molecule has 1 aromatic heterocycles. The summed E-state index contributed by atoms with van der Waals surface area (Å²) in [6.07, 6.45) is 2.44. The second kappa shape index (κ2) is 7.70. The van der Waals surface area contributed by atoms with Gasteiger partial charge in [-0.25, -0.2) is 0 Å². The van der Waals surface area contributed by atoms with E-state index in [9.17, 15) is 5.11 Å². The molecule has 120 valence electrons. The molecular weight excluding hydrogens is 294 g/mol. The Hall–Kier alpha value is -1.46. The Balaban J connectivity index is 2.37. The van der Waals surface area contributed by atoms with Crippen molar-refractivity contribution in [2.75, 3.05) is 0 Å². The van der Waals surface area contributed by atoms with E-state index in [1.165, 1.54) is 0 Å². The van der Waals surface area contributed by atoms with Crippen molar-refractivity contribution < 1.29 is 5.11 Å². The van der Waals surface area contributed by atoms with Crippen LogP contribution in [0.4, 0.5) is 0 Å². The van der Waals surface area contributed by atoms with Crippen molar-refractivity contribution in [3.63, 3.8) is 0 Å². The van der Waals surface area contributed by atoms with Crippen LogP contribution in [0.5, 0.6) is 0 Å². The summed E-state index contributed by atoms with van der Waals surface area (Å²) in [5.74, 6) is 1.73. The highest BCUT2D eigenvalue weighted by Crippen LogP contribution is 2.28. The first-order valence-electron chi connectivity index (χ1n) is 7.89. The number of aromatic nitrogens is 3. The van der Waals surface area contributed by atoms with Gasteiger partial charge in [-0.3, -0.25) is 9.67 Å². The number of nitrogens with zero attached hydrogens (tertiary/aromatic N) is 2. The summed E-state index contributed by atoms with van der Waals surface area (Å²) in [5.41, 5.74) is 1.01. The molecule has 2 rings (SSSR count). The molecule has 0 bridgehead atoms. The van der Waals surface area contributed by atoms with Crippen LogP contribution in [0.15, 0.2) is 30.3 Å². The maximum atomic E-state index is 9.84. The third kappa shape index (κ3) is 4.27. The highest BCUT2D eigenvalue weighted by Gasteiger charge is 2.21. The van der Waals surface area contributed by atoms with Gasteiger partial charge in [0.2, 0.25) is 0 Å². The number of hydrogen-bond acceptors (Lipinski definition) is 3. The van der Waals surface area contributed by atoms with Gasteiger partial charge in [-0.15, -0.1) is 0 Å². The minimum Gasteiger partial charge on any atom is -0.393 e. The lowest BCUT2D eigenvalue weighted by atomic mass is 9.92. The lowest BCUT2D eigenvalue weighted by Gasteiger charge is -2.20. The van der Waals surface area contributed by atoms with Gasteiger partial charge in [0, 0.05) is 11.6 Å². The molecule has 1 aromatic carbocycles. The maximum absolute atomic E-state index is 9.84. The first kappa shape index (κ1) is 16.9. The quantitative estimate of drug-likeness (QED) is 0.751. The van der Waals surface area contributed by atoms with E-state index in [0.29, 0.717) is 17.1 Å². The Bertz CT molecular complexity index is 631. The normalized spacial score (nSPS) is 14.2. The van der Waals surface area contributed by atoms with Crippen LogP contribution >= 0.6 is 12.2 Å². The summed E-state index contributed by atoms with van der Waals surface area (Å²) >= 11 is 5.41. The molecule has 0 aliphatic carbocycles. The molecule has 0 fully saturated rings. The fourth-order valence-corrected chi connectivity index (χ4v) is 2.95. The van der Waals surface area contributed by atoms with E-state index in [-0.39, 0.29) is 12.0 Å². The van der Waals surface area contributed by atoms with Crippen molar-refractivity contribution in [1.29, 1.82) is 0 Å². The zero-order valence-electron chi connectivity index (χ0n) is 13.5. The number of aliphatic hydroxyl groups is 1. The summed E-state index contributed by atoms with van der Waals surface area (Å²) in [6.45, 7) is 6.26. The predicted molar refractivity (Wildman–Crippen MR) is 91.9 cm³/mol. The van der Waals surface area contributed by atoms with E-state index in [1.807, 2.05) is 41.8 Å². The van der Waals surface area contributed by atoms with Crippen LogP contribution in [0.3, 0.4) is 0 Å². The summed E-state index contributed by atoms with van der Waals surface area (Å²) < 4.78 is 2.59. The van der Waals surface area contributed by atoms with Crippen LogP contribution in [-0.2, 0) is 0 Å². The molecular formula is C17H25N3OS. The first-order valence-corrected chi connectivity index (χ1v) is 8.30. The third-order valence-electron chi connectivity index (χ3n) is 3.80. The third-order valence-corrected chi connectivity index (χ3v) is 4.07. The van der Waals surface area contributed by atoms with Crippen molar-refractivity contribution in [3.8, 4) is 5.69 Å². The Morgan fingerprint density at radius 3 is 2.45 bits per heavy atom. The number of para-hydroxylation sites is 1. The van der Waals surface area contributed by atoms with Gasteiger partial charge < -0.3 is 5.11 Å². The van der Waals surface area contributed by atoms with Crippen molar-refractivity contribution in [3.05, 3.63) is 40.9 Å². The Morgan fingerprint density at radius 1 is 1.18 bits per heavy atom. The zero-order valence-corrected chi connectivity index (χ0v) is 14.3. The van der Waals surface area contributed by atoms with Crippen LogP contribution in [-0.4, -0.2) is 26.0 Å². The molecule has 1 heterocycles. The average Bonchev–Trinajstić information content (AvgIpc) is 2.85. The summed E-state index contributed by atoms with van der Waals surface area (Å²) in [7, 11) is 0. The van der Waals surface area contributed by atoms with Crippen molar-refractivity contribution in [1.82, 2.24) is 14.8 Å². The number of benzene rings is 1. The molecule has 4 nitrogen and oxygen atoms in total. The van der Waals surface area contributed by atoms with Crippen LogP contribution in [0.2, 0.25) is 0 Å². The van der Waals surface area contributed by atoms with Gasteiger partial charge in [0.15, 0.2) is 4.77 Å². The molecule has 0 aliphatic heterocycles. The van der Waals surface area contributed by atoms with Crippen LogP contribution in [0.1, 0.15) is 51.8 Å². The van der Waals surface area contributed by atoms with Crippen molar-refractivity contribution in [2.24, 2.45) is 5.92 Å². The second-order valence-electron chi connectivity index (χ2n) is 6.31. The fraction of sp³-hybridized carbons (Fsp3) is 0.529. The SMILES string of the molecule is CC(C)CC[C@@H](C[C@H](C)O)c1n[nH]c(=S)n1-c1ccccc1. The molecule has 0 spiro atoms. The van der Waals surface area contributed by atoms with E-state index in [2.05, 4.69) is 24.0 Å². The molecule has 2 N–H and O–H groups in total. The van der Waals surface area contributed by atoms with Gasteiger partial charge in [-0.1, -0.05) is 38.5 Å². The largest absolute Gasteiger partial charge is 0.393 e. The van der Waals surface area contributed by atoms with E-state index in [1.54, 1.807) is 0 Å². The van der Waals surface area contributed by atoms with E-state index in [0.717, 1.165) is 24.4 Å². The van der Waals surface area contributed by atoms with Gasteiger partial charge in [0.1, 0.15) is 5.82 Å². The van der Waals surface area contributed by atoms with Crippen molar-refractivity contribution >= 4 is 12.2 Å². The predicted octanol–water partition coefficient (Wildman–Crippen LogP) is 4.22. The smallest absolute Gasteiger partial charge is 0.199 e. The Labute approximate surface area is 137 Å². The van der Waals surface area contributed by atoms with Crippen molar-refractivity contribution in [2.45, 2.75) is 52.1 Å². The van der Waals surface area contributed by atoms with Gasteiger partial charge in [-0.2, -0.15) is 5.10 Å². The molecule has 22 heavy (non-hydrogen) atoms. The molecule has 0 saturated carbocycles. The molecule has 2 atom stereocenters.